The average molecular weight is 461 g/mol. The molecule has 1 heterocycles. The van der Waals surface area contributed by atoms with Gasteiger partial charge in [0.15, 0.2) is 0 Å². The van der Waals surface area contributed by atoms with Gasteiger partial charge in [-0.3, -0.25) is 0 Å². The fourth-order valence-corrected chi connectivity index (χ4v) is 6.84. The average Bonchev–Trinajstić information content (AvgIpc) is 3.39. The van der Waals surface area contributed by atoms with Crippen molar-refractivity contribution in [3.63, 3.8) is 0 Å². The van der Waals surface area contributed by atoms with Crippen LogP contribution in [-0.2, 0) is 35.7 Å². The van der Waals surface area contributed by atoms with E-state index in [9.17, 15) is 18.0 Å². The fourth-order valence-electron chi connectivity index (χ4n) is 5.51. The number of benzene rings is 1. The largest absolute Gasteiger partial charge is 0.335 e. The predicted octanol–water partition coefficient (Wildman–Crippen LogP) is 2.84. The molecule has 0 aromatic heterocycles. The number of carbonyl (C=O) groups excluding carboxylic acids is 2. The van der Waals surface area contributed by atoms with Crippen molar-refractivity contribution in [2.24, 2.45) is 0 Å². The number of likely N-dealkylation sites (tertiary alicyclic amines) is 1. The highest BCUT2D eigenvalue weighted by Crippen LogP contribution is 2.38. The number of piperidine rings is 1. The molecule has 1 atom stereocenters. The number of sulfonamides is 1. The van der Waals surface area contributed by atoms with Crippen molar-refractivity contribution in [2.75, 3.05) is 18.4 Å². The molecule has 0 radical (unpaired) electrons. The number of fused-ring (bicyclic) bond motifs is 2. The van der Waals surface area contributed by atoms with E-state index in [1.807, 2.05) is 0 Å². The first-order valence-corrected chi connectivity index (χ1v) is 13.5. The van der Waals surface area contributed by atoms with Crippen LogP contribution in [0.25, 0.3) is 0 Å². The van der Waals surface area contributed by atoms with Crippen LogP contribution in [0, 0.1) is 0 Å². The van der Waals surface area contributed by atoms with Crippen LogP contribution in [0.3, 0.4) is 0 Å². The standard InChI is InChI=1S/C23H32N4O4S/c28-22(25-21-19-10-1-5-15(19)13-16-6-2-11-20(16)21)26-32(30,31)18-9-4-12-27(14-18)23(29)24-17-7-3-8-17/h13,17-18H,1-12,14H2,(H,24,29)(H2,25,26,28). The summed E-state index contributed by atoms with van der Waals surface area (Å²) in [5, 5.41) is 5.07. The SMILES string of the molecule is O=C(Nc1c2c(cc3c1CCC3)CCC2)NS(=O)(=O)C1CCCN(C(=O)NC2CCC2)C1. The van der Waals surface area contributed by atoms with Gasteiger partial charge in [0.25, 0.3) is 0 Å². The number of carbonyl (C=O) groups is 2. The number of hydrogen-bond acceptors (Lipinski definition) is 4. The Morgan fingerprint density at radius 2 is 1.59 bits per heavy atom. The Morgan fingerprint density at radius 1 is 0.906 bits per heavy atom. The minimum atomic E-state index is -3.90. The van der Waals surface area contributed by atoms with Gasteiger partial charge in [-0.2, -0.15) is 0 Å². The van der Waals surface area contributed by atoms with Gasteiger partial charge in [-0.25, -0.2) is 22.7 Å². The van der Waals surface area contributed by atoms with Crippen molar-refractivity contribution < 1.29 is 18.0 Å². The van der Waals surface area contributed by atoms with E-state index in [2.05, 4.69) is 21.4 Å². The van der Waals surface area contributed by atoms with Gasteiger partial charge in [0.05, 0.1) is 5.25 Å². The molecule has 32 heavy (non-hydrogen) atoms. The molecule has 2 fully saturated rings. The molecule has 1 aliphatic heterocycles. The topological polar surface area (TPSA) is 108 Å². The summed E-state index contributed by atoms with van der Waals surface area (Å²) in [7, 11) is -3.90. The predicted molar refractivity (Wildman–Crippen MR) is 122 cm³/mol. The van der Waals surface area contributed by atoms with Crippen molar-refractivity contribution in [3.8, 4) is 0 Å². The molecule has 1 saturated carbocycles. The summed E-state index contributed by atoms with van der Waals surface area (Å²) >= 11 is 0. The van der Waals surface area contributed by atoms with Crippen molar-refractivity contribution >= 4 is 27.8 Å². The zero-order chi connectivity index (χ0) is 22.3. The minimum Gasteiger partial charge on any atom is -0.335 e. The molecule has 1 aromatic rings. The Labute approximate surface area is 189 Å². The second-order valence-electron chi connectivity index (χ2n) is 9.62. The smallest absolute Gasteiger partial charge is 0.332 e. The lowest BCUT2D eigenvalue weighted by atomic mass is 9.93. The third-order valence-corrected chi connectivity index (χ3v) is 9.22. The van der Waals surface area contributed by atoms with Crippen LogP contribution in [0.4, 0.5) is 15.3 Å². The van der Waals surface area contributed by atoms with Crippen LogP contribution in [0.2, 0.25) is 0 Å². The van der Waals surface area contributed by atoms with Crippen molar-refractivity contribution in [3.05, 3.63) is 28.3 Å². The Morgan fingerprint density at radius 3 is 2.22 bits per heavy atom. The Balaban J connectivity index is 1.25. The first kappa shape index (κ1) is 21.6. The van der Waals surface area contributed by atoms with E-state index in [0.717, 1.165) is 74.6 Å². The molecular weight excluding hydrogens is 428 g/mol. The van der Waals surface area contributed by atoms with Gasteiger partial charge in [-0.05, 0) is 92.9 Å². The number of anilines is 1. The number of nitrogens with one attached hydrogen (secondary N) is 3. The molecule has 4 amide bonds. The van der Waals surface area contributed by atoms with Crippen LogP contribution in [0.15, 0.2) is 6.07 Å². The fraction of sp³-hybridized carbons (Fsp3) is 0.652. The number of rotatable bonds is 4. The molecule has 1 aromatic carbocycles. The van der Waals surface area contributed by atoms with Crippen LogP contribution in [0.5, 0.6) is 0 Å². The van der Waals surface area contributed by atoms with Crippen LogP contribution in [-0.4, -0.2) is 49.8 Å². The van der Waals surface area contributed by atoms with E-state index in [-0.39, 0.29) is 18.6 Å². The number of nitrogens with zero attached hydrogens (tertiary/aromatic N) is 1. The maximum Gasteiger partial charge on any atom is 0.332 e. The van der Waals surface area contributed by atoms with E-state index in [4.69, 9.17) is 0 Å². The van der Waals surface area contributed by atoms with Crippen molar-refractivity contribution in [1.29, 1.82) is 0 Å². The second kappa shape index (κ2) is 8.57. The van der Waals surface area contributed by atoms with Gasteiger partial charge in [-0.15, -0.1) is 0 Å². The lowest BCUT2D eigenvalue weighted by Gasteiger charge is -2.35. The molecule has 0 spiro atoms. The number of aryl methyl sites for hydroxylation is 2. The summed E-state index contributed by atoms with van der Waals surface area (Å²) in [6.45, 7) is 0.649. The van der Waals surface area contributed by atoms with Crippen molar-refractivity contribution in [1.82, 2.24) is 14.9 Å². The van der Waals surface area contributed by atoms with E-state index < -0.39 is 21.3 Å². The van der Waals surface area contributed by atoms with Crippen LogP contribution >= 0.6 is 0 Å². The zero-order valence-electron chi connectivity index (χ0n) is 18.4. The summed E-state index contributed by atoms with van der Waals surface area (Å²) in [4.78, 5) is 26.8. The molecule has 174 valence electrons. The molecule has 1 unspecified atom stereocenters. The minimum absolute atomic E-state index is 0.108. The summed E-state index contributed by atoms with van der Waals surface area (Å²) in [5.41, 5.74) is 5.71. The summed E-state index contributed by atoms with van der Waals surface area (Å²) in [6.07, 6.45) is 10.1. The van der Waals surface area contributed by atoms with Crippen molar-refractivity contribution in [2.45, 2.75) is 81.9 Å². The highest BCUT2D eigenvalue weighted by Gasteiger charge is 2.35. The quantitative estimate of drug-likeness (QED) is 0.642. The van der Waals surface area contributed by atoms with E-state index in [0.29, 0.717) is 19.4 Å². The van der Waals surface area contributed by atoms with E-state index in [1.54, 1.807) is 4.90 Å². The monoisotopic (exact) mass is 460 g/mol. The normalized spacial score (nSPS) is 22.6. The van der Waals surface area contributed by atoms with Gasteiger partial charge >= 0.3 is 12.1 Å². The molecule has 3 aliphatic carbocycles. The maximum absolute atomic E-state index is 13.0. The van der Waals surface area contributed by atoms with Gasteiger partial charge < -0.3 is 15.5 Å². The summed E-state index contributed by atoms with van der Waals surface area (Å²) in [6, 6.07) is 1.58. The van der Waals surface area contributed by atoms with E-state index >= 15 is 0 Å². The van der Waals surface area contributed by atoms with Gasteiger partial charge in [-0.1, -0.05) is 6.07 Å². The number of urea groups is 2. The van der Waals surface area contributed by atoms with Gasteiger partial charge in [0, 0.05) is 24.8 Å². The number of amides is 4. The van der Waals surface area contributed by atoms with Gasteiger partial charge in [0.1, 0.15) is 0 Å². The molecule has 8 nitrogen and oxygen atoms in total. The first-order valence-electron chi connectivity index (χ1n) is 12.0. The molecule has 4 aliphatic rings. The highest BCUT2D eigenvalue weighted by atomic mass is 32.2. The highest BCUT2D eigenvalue weighted by molar-refractivity contribution is 7.90. The lowest BCUT2D eigenvalue weighted by molar-refractivity contribution is 0.176. The Bertz CT molecular complexity index is 1000. The number of hydrogen-bond donors (Lipinski definition) is 3. The Kier molecular flexibility index (Phi) is 5.77. The molecule has 1 saturated heterocycles. The molecule has 5 rings (SSSR count). The Hall–Kier alpha value is -2.29. The van der Waals surface area contributed by atoms with Gasteiger partial charge in [0.2, 0.25) is 10.0 Å². The third-order valence-electron chi connectivity index (χ3n) is 7.48. The molecular formula is C23H32N4O4S. The zero-order valence-corrected chi connectivity index (χ0v) is 19.2. The van der Waals surface area contributed by atoms with Crippen LogP contribution < -0.4 is 15.4 Å². The maximum atomic E-state index is 13.0. The first-order chi connectivity index (χ1) is 15.4. The lowest BCUT2D eigenvalue weighted by Crippen LogP contribution is -2.54. The summed E-state index contributed by atoms with van der Waals surface area (Å²) in [5.74, 6) is 0. The third kappa shape index (κ3) is 4.19. The molecule has 3 N–H and O–H groups in total. The van der Waals surface area contributed by atoms with E-state index in [1.165, 1.54) is 11.1 Å². The molecule has 0 bridgehead atoms. The van der Waals surface area contributed by atoms with Crippen LogP contribution in [0.1, 0.15) is 67.2 Å². The summed E-state index contributed by atoms with van der Waals surface area (Å²) < 4.78 is 28.2. The molecule has 9 heteroatoms. The second-order valence-corrected chi connectivity index (χ2v) is 11.6.